The van der Waals surface area contributed by atoms with Gasteiger partial charge < -0.3 is 9.47 Å². The number of nitrogens with zero attached hydrogens (tertiary/aromatic N) is 2. The first-order chi connectivity index (χ1) is 16.9. The van der Waals surface area contributed by atoms with Crippen LogP contribution in [0.5, 0.6) is 11.5 Å². The van der Waals surface area contributed by atoms with Crippen molar-refractivity contribution in [3.63, 3.8) is 0 Å². The van der Waals surface area contributed by atoms with E-state index in [1.807, 2.05) is 68.5 Å². The molecule has 1 heterocycles. The summed E-state index contributed by atoms with van der Waals surface area (Å²) in [7, 11) is 1.58. The van der Waals surface area contributed by atoms with Crippen LogP contribution >= 0.6 is 35.0 Å². The van der Waals surface area contributed by atoms with Crippen molar-refractivity contribution in [3.8, 4) is 11.5 Å². The lowest BCUT2D eigenvalue weighted by atomic mass is 10.1. The number of ether oxygens (including phenoxy) is 2. The first kappa shape index (κ1) is 25.2. The minimum atomic E-state index is -0.0694. The molecule has 3 aromatic carbocycles. The van der Waals surface area contributed by atoms with Gasteiger partial charge in [-0.2, -0.15) is 0 Å². The number of amidine groups is 1. The number of carbonyl (C=O) groups is 1. The van der Waals surface area contributed by atoms with Gasteiger partial charge in [0.15, 0.2) is 16.7 Å². The standard InChI is InChI=1S/C27H24Cl2N2O3S/c1-4-31-26(32)25(35-27(31)30-21-10-5-17(2)6-11-21)14-18-7-12-23(24(13-18)33-3)34-16-19-8-9-20(28)15-22(19)29/h5-15H,4,16H2,1-3H3/b25-14+,30-27?. The van der Waals surface area contributed by atoms with E-state index in [2.05, 4.69) is 4.99 Å². The van der Waals surface area contributed by atoms with E-state index in [9.17, 15) is 4.79 Å². The monoisotopic (exact) mass is 526 g/mol. The Balaban J connectivity index is 1.54. The molecule has 1 aliphatic heterocycles. The van der Waals surface area contributed by atoms with Crippen molar-refractivity contribution in [2.24, 2.45) is 4.99 Å². The van der Waals surface area contributed by atoms with Crippen LogP contribution in [0.1, 0.15) is 23.6 Å². The van der Waals surface area contributed by atoms with Crippen LogP contribution in [0.2, 0.25) is 10.0 Å². The maximum Gasteiger partial charge on any atom is 0.266 e. The van der Waals surface area contributed by atoms with Crippen LogP contribution in [0, 0.1) is 6.92 Å². The third-order valence-corrected chi connectivity index (χ3v) is 6.94. The van der Waals surface area contributed by atoms with Crippen LogP contribution in [0.15, 0.2) is 70.6 Å². The van der Waals surface area contributed by atoms with Gasteiger partial charge in [-0.3, -0.25) is 9.69 Å². The molecule has 1 saturated heterocycles. The van der Waals surface area contributed by atoms with Gasteiger partial charge >= 0.3 is 0 Å². The zero-order valence-corrected chi connectivity index (χ0v) is 21.9. The van der Waals surface area contributed by atoms with E-state index in [1.165, 1.54) is 11.8 Å². The summed E-state index contributed by atoms with van der Waals surface area (Å²) >= 11 is 13.6. The number of benzene rings is 3. The minimum absolute atomic E-state index is 0.0694. The summed E-state index contributed by atoms with van der Waals surface area (Å²) in [6.07, 6.45) is 1.84. The van der Waals surface area contributed by atoms with Crippen LogP contribution < -0.4 is 9.47 Å². The predicted octanol–water partition coefficient (Wildman–Crippen LogP) is 7.51. The number of hydrogen-bond donors (Lipinski definition) is 0. The van der Waals surface area contributed by atoms with Crippen molar-refractivity contribution in [2.75, 3.05) is 13.7 Å². The van der Waals surface area contributed by atoms with Gasteiger partial charge in [0, 0.05) is 22.2 Å². The molecule has 35 heavy (non-hydrogen) atoms. The summed E-state index contributed by atoms with van der Waals surface area (Å²) < 4.78 is 11.5. The van der Waals surface area contributed by atoms with E-state index in [0.29, 0.717) is 38.2 Å². The zero-order chi connectivity index (χ0) is 24.9. The number of aryl methyl sites for hydroxylation is 1. The van der Waals surface area contributed by atoms with Gasteiger partial charge in [-0.05, 0) is 73.6 Å². The molecule has 5 nitrogen and oxygen atoms in total. The van der Waals surface area contributed by atoms with Gasteiger partial charge in [0.1, 0.15) is 6.61 Å². The highest BCUT2D eigenvalue weighted by atomic mass is 35.5. The van der Waals surface area contributed by atoms with Crippen molar-refractivity contribution in [2.45, 2.75) is 20.5 Å². The quantitative estimate of drug-likeness (QED) is 0.299. The first-order valence-electron chi connectivity index (χ1n) is 11.0. The molecule has 0 spiro atoms. The van der Waals surface area contributed by atoms with Crippen molar-refractivity contribution in [1.29, 1.82) is 0 Å². The van der Waals surface area contributed by atoms with Crippen molar-refractivity contribution >= 4 is 57.8 Å². The second-order valence-corrected chi connectivity index (χ2v) is 9.68. The molecular weight excluding hydrogens is 503 g/mol. The van der Waals surface area contributed by atoms with E-state index in [-0.39, 0.29) is 12.5 Å². The average molecular weight is 527 g/mol. The molecule has 0 saturated carbocycles. The topological polar surface area (TPSA) is 51.1 Å². The fraction of sp³-hybridized carbons (Fsp3) is 0.185. The minimum Gasteiger partial charge on any atom is -0.493 e. The number of likely N-dealkylation sites (N-methyl/N-ethyl adjacent to an activating group) is 1. The highest BCUT2D eigenvalue weighted by molar-refractivity contribution is 8.18. The smallest absolute Gasteiger partial charge is 0.266 e. The molecule has 1 amide bonds. The fourth-order valence-electron chi connectivity index (χ4n) is 3.44. The van der Waals surface area contributed by atoms with Crippen LogP contribution in [-0.4, -0.2) is 29.6 Å². The molecule has 1 fully saturated rings. The number of thioether (sulfide) groups is 1. The Morgan fingerprint density at radius 1 is 1.03 bits per heavy atom. The van der Waals surface area contributed by atoms with E-state index in [1.54, 1.807) is 24.1 Å². The lowest BCUT2D eigenvalue weighted by Crippen LogP contribution is -2.28. The second kappa shape index (κ2) is 11.2. The summed E-state index contributed by atoms with van der Waals surface area (Å²) in [4.78, 5) is 20.0. The van der Waals surface area contributed by atoms with Gasteiger partial charge in [-0.1, -0.05) is 53.0 Å². The molecular formula is C27H24Cl2N2O3S. The molecule has 3 aromatic rings. The normalized spacial score (nSPS) is 15.8. The van der Waals surface area contributed by atoms with Gasteiger partial charge in [0.25, 0.3) is 5.91 Å². The Hall–Kier alpha value is -2.93. The van der Waals surface area contributed by atoms with Gasteiger partial charge in [-0.25, -0.2) is 4.99 Å². The number of halogens is 2. The Morgan fingerprint density at radius 2 is 1.80 bits per heavy atom. The summed E-state index contributed by atoms with van der Waals surface area (Å²) in [6.45, 7) is 4.78. The van der Waals surface area contributed by atoms with E-state index in [0.717, 1.165) is 22.4 Å². The summed E-state index contributed by atoms with van der Waals surface area (Å²) in [5, 5.41) is 1.78. The van der Waals surface area contributed by atoms with Gasteiger partial charge in [-0.15, -0.1) is 0 Å². The average Bonchev–Trinajstić information content (AvgIpc) is 3.13. The molecule has 4 rings (SSSR count). The fourth-order valence-corrected chi connectivity index (χ4v) is 4.96. The molecule has 0 aromatic heterocycles. The maximum atomic E-state index is 13.0. The molecule has 0 aliphatic carbocycles. The summed E-state index contributed by atoms with van der Waals surface area (Å²) in [6, 6.07) is 18.7. The predicted molar refractivity (Wildman–Crippen MR) is 145 cm³/mol. The Labute approximate surface area is 219 Å². The number of carbonyl (C=O) groups excluding carboxylic acids is 1. The van der Waals surface area contributed by atoms with Crippen LogP contribution in [-0.2, 0) is 11.4 Å². The molecule has 1 aliphatic rings. The number of hydrogen-bond acceptors (Lipinski definition) is 5. The number of rotatable bonds is 7. The lowest BCUT2D eigenvalue weighted by molar-refractivity contribution is -0.122. The largest absolute Gasteiger partial charge is 0.493 e. The van der Waals surface area contributed by atoms with Crippen molar-refractivity contribution in [1.82, 2.24) is 4.90 Å². The summed E-state index contributed by atoms with van der Waals surface area (Å²) in [5.41, 5.74) is 3.61. The molecule has 0 atom stereocenters. The summed E-state index contributed by atoms with van der Waals surface area (Å²) in [5.74, 6) is 1.06. The molecule has 0 bridgehead atoms. The molecule has 8 heteroatoms. The van der Waals surface area contributed by atoms with Gasteiger partial charge in [0.2, 0.25) is 0 Å². The Bertz CT molecular complexity index is 1310. The maximum absolute atomic E-state index is 13.0. The third kappa shape index (κ3) is 6.01. The zero-order valence-electron chi connectivity index (χ0n) is 19.5. The third-order valence-electron chi connectivity index (χ3n) is 5.35. The van der Waals surface area contributed by atoms with E-state index < -0.39 is 0 Å². The first-order valence-corrected chi connectivity index (χ1v) is 12.6. The molecule has 0 unspecified atom stereocenters. The van der Waals surface area contributed by atoms with Crippen LogP contribution in [0.4, 0.5) is 5.69 Å². The Morgan fingerprint density at radius 3 is 2.49 bits per heavy atom. The van der Waals surface area contributed by atoms with Crippen LogP contribution in [0.25, 0.3) is 6.08 Å². The van der Waals surface area contributed by atoms with E-state index in [4.69, 9.17) is 32.7 Å². The number of aliphatic imine (C=N–C) groups is 1. The SMILES string of the molecule is CCN1C(=O)/C(=C\c2ccc(OCc3ccc(Cl)cc3Cl)c(OC)c2)SC1=Nc1ccc(C)cc1. The highest BCUT2D eigenvalue weighted by Gasteiger charge is 2.32. The lowest BCUT2D eigenvalue weighted by Gasteiger charge is -2.13. The Kier molecular flexibility index (Phi) is 8.06. The molecule has 0 N–H and O–H groups in total. The molecule has 0 radical (unpaired) electrons. The van der Waals surface area contributed by atoms with Gasteiger partial charge in [0.05, 0.1) is 17.7 Å². The number of methoxy groups -OCH3 is 1. The van der Waals surface area contributed by atoms with Crippen molar-refractivity contribution in [3.05, 3.63) is 92.3 Å². The van der Waals surface area contributed by atoms with Crippen LogP contribution in [0.3, 0.4) is 0 Å². The second-order valence-electron chi connectivity index (χ2n) is 7.82. The van der Waals surface area contributed by atoms with Crippen molar-refractivity contribution < 1.29 is 14.3 Å². The highest BCUT2D eigenvalue weighted by Crippen LogP contribution is 2.36. The number of amides is 1. The molecule has 180 valence electrons. The van der Waals surface area contributed by atoms with E-state index >= 15 is 0 Å².